The van der Waals surface area contributed by atoms with E-state index in [-0.39, 0.29) is 40.5 Å². The van der Waals surface area contributed by atoms with Crippen LogP contribution in [0, 0.1) is 30.3 Å². The molecule has 5 aromatic rings. The number of halogens is 3. The van der Waals surface area contributed by atoms with Crippen LogP contribution in [0.3, 0.4) is 0 Å². The number of carbonyl (C=O) groups excluding carboxylic acids is 2. The van der Waals surface area contributed by atoms with Crippen LogP contribution in [0.5, 0.6) is 0 Å². The third kappa shape index (κ3) is 7.26. The number of amides is 2. The minimum Gasteiger partial charge on any atom is -0.421 e. The number of aryl methyl sites for hydroxylation is 3. The van der Waals surface area contributed by atoms with Crippen molar-refractivity contribution in [2.24, 2.45) is 11.7 Å². The van der Waals surface area contributed by atoms with Gasteiger partial charge >= 0.3 is 0 Å². The summed E-state index contributed by atoms with van der Waals surface area (Å²) in [6.45, 7) is 5.54. The van der Waals surface area contributed by atoms with E-state index in [0.29, 0.717) is 52.3 Å². The molecule has 0 unspecified atom stereocenters. The Morgan fingerprint density at radius 3 is 2.33 bits per heavy atom. The van der Waals surface area contributed by atoms with Gasteiger partial charge < -0.3 is 15.5 Å². The first-order valence-corrected chi connectivity index (χ1v) is 14.9. The summed E-state index contributed by atoms with van der Waals surface area (Å²) in [6, 6.07) is 9.50. The Balaban J connectivity index is 1.60. The van der Waals surface area contributed by atoms with Gasteiger partial charge in [-0.2, -0.15) is 0 Å². The Morgan fingerprint density at radius 2 is 1.69 bits per heavy atom. The van der Waals surface area contributed by atoms with Gasteiger partial charge in [0.25, 0.3) is 11.8 Å². The van der Waals surface area contributed by atoms with Crippen molar-refractivity contribution in [3.8, 4) is 22.0 Å². The summed E-state index contributed by atoms with van der Waals surface area (Å²) in [4.78, 5) is 35.7. The number of primary amides is 1. The average molecular weight is 635 g/mol. The van der Waals surface area contributed by atoms with Crippen molar-refractivity contribution in [2.45, 2.75) is 46.6 Å². The quantitative estimate of drug-likeness (QED) is 0.182. The second kappa shape index (κ2) is 13.4. The monoisotopic (exact) mass is 634 g/mol. The number of carbonyl (C=O) groups is 2. The van der Waals surface area contributed by atoms with E-state index in [2.05, 4.69) is 20.5 Å². The van der Waals surface area contributed by atoms with Crippen molar-refractivity contribution in [3.05, 3.63) is 105 Å². The van der Waals surface area contributed by atoms with Crippen LogP contribution in [0.2, 0.25) is 0 Å². The maximum Gasteiger partial charge on any atom is 0.263 e. The number of nitrogens with two attached hydrogens (primary N) is 1. The maximum atomic E-state index is 13.6. The highest BCUT2D eigenvalue weighted by molar-refractivity contribution is 7.17. The lowest BCUT2D eigenvalue weighted by Crippen LogP contribution is -2.21. The molecule has 0 saturated heterocycles. The van der Waals surface area contributed by atoms with Gasteiger partial charge in [-0.1, -0.05) is 32.0 Å². The molecule has 0 bridgehead atoms. The summed E-state index contributed by atoms with van der Waals surface area (Å²) in [5.41, 5.74) is 9.01. The predicted octanol–water partition coefficient (Wildman–Crippen LogP) is 5.99. The van der Waals surface area contributed by atoms with Gasteiger partial charge in [-0.05, 0) is 60.6 Å². The average Bonchev–Trinajstić information content (AvgIpc) is 3.66. The summed E-state index contributed by atoms with van der Waals surface area (Å²) in [6.07, 6.45) is 2.63. The fourth-order valence-electron chi connectivity index (χ4n) is 4.84. The Morgan fingerprint density at radius 1 is 0.956 bits per heavy atom. The van der Waals surface area contributed by atoms with E-state index in [1.165, 1.54) is 24.4 Å². The second-order valence-corrected chi connectivity index (χ2v) is 11.8. The molecule has 3 heterocycles. The number of pyridine rings is 1. The molecule has 2 amide bonds. The number of hydrogen-bond donors (Lipinski definition) is 2. The van der Waals surface area contributed by atoms with Gasteiger partial charge in [-0.3, -0.25) is 14.6 Å². The maximum absolute atomic E-state index is 13.6. The van der Waals surface area contributed by atoms with Gasteiger partial charge in [-0.15, -0.1) is 21.5 Å². The minimum absolute atomic E-state index is 0.0519. The molecule has 0 spiro atoms. The van der Waals surface area contributed by atoms with Crippen LogP contribution in [0.15, 0.2) is 53.1 Å². The molecule has 0 atom stereocenters. The lowest BCUT2D eigenvalue weighted by Gasteiger charge is -2.18. The summed E-state index contributed by atoms with van der Waals surface area (Å²) in [5, 5.41) is 11.2. The summed E-state index contributed by atoms with van der Waals surface area (Å²) < 4.78 is 46.3. The Kier molecular flexibility index (Phi) is 9.37. The van der Waals surface area contributed by atoms with Crippen LogP contribution in [0.1, 0.15) is 62.3 Å². The number of nitrogens with one attached hydrogen (secondary N) is 1. The first-order chi connectivity index (χ1) is 21.5. The van der Waals surface area contributed by atoms with Crippen LogP contribution >= 0.6 is 11.3 Å². The molecule has 13 heteroatoms. The van der Waals surface area contributed by atoms with E-state index in [1.807, 2.05) is 13.8 Å². The fourth-order valence-corrected chi connectivity index (χ4v) is 5.73. The Labute approximate surface area is 260 Å². The highest BCUT2D eigenvalue weighted by atomic mass is 32.1. The van der Waals surface area contributed by atoms with Crippen molar-refractivity contribution < 1.29 is 27.2 Å². The number of aromatic nitrogens is 4. The standard InChI is InChI=1S/C32H29F3N6O3S/c1-16(2)12-24-26(29(36)42)28(32-38-15-25(45-32)30(43)37-14-19-6-10-21(34)22(35)13-19)27(31-41-40-17(3)44-31)23(39-24)11-7-18-4-8-20(33)9-5-18/h4-6,8-10,13,15-16H,7,11-12,14H2,1-3H3,(H2,36,42)(H,37,43). The largest absolute Gasteiger partial charge is 0.421 e. The van der Waals surface area contributed by atoms with Gasteiger partial charge in [0.1, 0.15) is 15.7 Å². The Hall–Kier alpha value is -4.91. The summed E-state index contributed by atoms with van der Waals surface area (Å²) in [7, 11) is 0. The van der Waals surface area contributed by atoms with Crippen molar-refractivity contribution in [1.82, 2.24) is 25.5 Å². The molecule has 0 radical (unpaired) electrons. The molecule has 3 aromatic heterocycles. The van der Waals surface area contributed by atoms with E-state index < -0.39 is 23.4 Å². The molecule has 0 aliphatic heterocycles. The van der Waals surface area contributed by atoms with E-state index in [4.69, 9.17) is 15.1 Å². The molecule has 9 nitrogen and oxygen atoms in total. The van der Waals surface area contributed by atoms with Crippen molar-refractivity contribution in [2.75, 3.05) is 0 Å². The first kappa shape index (κ1) is 31.5. The molecule has 5 rings (SSSR count). The first-order valence-electron chi connectivity index (χ1n) is 14.1. The van der Waals surface area contributed by atoms with Crippen LogP contribution in [0.25, 0.3) is 22.0 Å². The molecule has 0 aliphatic rings. The Bertz CT molecular complexity index is 1870. The van der Waals surface area contributed by atoms with Crippen LogP contribution in [-0.2, 0) is 25.8 Å². The van der Waals surface area contributed by atoms with Gasteiger partial charge in [0.2, 0.25) is 11.8 Å². The normalized spacial score (nSPS) is 11.3. The van der Waals surface area contributed by atoms with E-state index in [9.17, 15) is 22.8 Å². The van der Waals surface area contributed by atoms with Crippen LogP contribution in [-0.4, -0.2) is 32.0 Å². The zero-order valence-corrected chi connectivity index (χ0v) is 25.5. The molecule has 3 N–H and O–H groups in total. The highest BCUT2D eigenvalue weighted by Crippen LogP contribution is 2.40. The number of thiazole rings is 1. The number of benzene rings is 2. The number of hydrogen-bond acceptors (Lipinski definition) is 8. The van der Waals surface area contributed by atoms with Crippen molar-refractivity contribution in [3.63, 3.8) is 0 Å². The van der Waals surface area contributed by atoms with E-state index >= 15 is 0 Å². The zero-order valence-electron chi connectivity index (χ0n) is 24.7. The number of nitrogens with zero attached hydrogens (tertiary/aromatic N) is 4. The smallest absolute Gasteiger partial charge is 0.263 e. The lowest BCUT2D eigenvalue weighted by molar-refractivity contribution is 0.0953. The molecule has 0 aliphatic carbocycles. The van der Waals surface area contributed by atoms with E-state index in [1.54, 1.807) is 19.1 Å². The summed E-state index contributed by atoms with van der Waals surface area (Å²) >= 11 is 1.01. The molecular weight excluding hydrogens is 605 g/mol. The van der Waals surface area contributed by atoms with Gasteiger partial charge in [0.05, 0.1) is 28.7 Å². The zero-order chi connectivity index (χ0) is 32.2. The molecular formula is C32H29F3N6O3S. The van der Waals surface area contributed by atoms with Crippen LogP contribution < -0.4 is 11.1 Å². The third-order valence-corrected chi connectivity index (χ3v) is 7.89. The lowest BCUT2D eigenvalue weighted by atomic mass is 9.92. The molecule has 232 valence electrons. The minimum atomic E-state index is -1.02. The third-order valence-electron chi connectivity index (χ3n) is 6.88. The fraction of sp³-hybridized carbons (Fsp3) is 0.250. The molecule has 0 fully saturated rings. The van der Waals surface area contributed by atoms with Crippen molar-refractivity contribution in [1.29, 1.82) is 0 Å². The van der Waals surface area contributed by atoms with Crippen LogP contribution in [0.4, 0.5) is 13.2 Å². The van der Waals surface area contributed by atoms with Gasteiger partial charge in [0, 0.05) is 19.0 Å². The van der Waals surface area contributed by atoms with Gasteiger partial charge in [-0.25, -0.2) is 18.2 Å². The number of rotatable bonds is 11. The molecule has 45 heavy (non-hydrogen) atoms. The topological polar surface area (TPSA) is 137 Å². The SMILES string of the molecule is Cc1nnc(-c2c(CCc3ccc(F)cc3)nc(CC(C)C)c(C(N)=O)c2-c2ncc(C(=O)NCc3ccc(F)c(F)c3)s2)o1. The molecule has 2 aromatic carbocycles. The second-order valence-electron chi connectivity index (χ2n) is 10.8. The van der Waals surface area contributed by atoms with Crippen molar-refractivity contribution >= 4 is 23.2 Å². The predicted molar refractivity (Wildman–Crippen MR) is 162 cm³/mol. The van der Waals surface area contributed by atoms with Gasteiger partial charge in [0.15, 0.2) is 11.6 Å². The summed E-state index contributed by atoms with van der Waals surface area (Å²) in [5.74, 6) is -3.11. The molecule has 0 saturated carbocycles. The van der Waals surface area contributed by atoms with E-state index in [0.717, 1.165) is 29.0 Å². The highest BCUT2D eigenvalue weighted by Gasteiger charge is 2.30.